The molecule has 3 aromatic rings. The lowest BCUT2D eigenvalue weighted by Gasteiger charge is -2.16. The number of hydrogen-bond acceptors (Lipinski definition) is 5. The van der Waals surface area contributed by atoms with Gasteiger partial charge < -0.3 is 19.3 Å². The molecule has 1 atom stereocenters. The van der Waals surface area contributed by atoms with Crippen molar-refractivity contribution in [2.45, 2.75) is 19.3 Å². The number of rotatable bonds is 9. The molecule has 0 saturated heterocycles. The molecule has 0 saturated carbocycles. The smallest absolute Gasteiger partial charge is 0.179 e. The monoisotopic (exact) mass is 365 g/mol. The molecule has 5 nitrogen and oxygen atoms in total. The van der Waals surface area contributed by atoms with Crippen LogP contribution < -0.4 is 9.47 Å². The Morgan fingerprint density at radius 2 is 1.41 bits per heavy atom. The lowest BCUT2D eigenvalue weighted by atomic mass is 10.2. The highest BCUT2D eigenvalue weighted by Crippen LogP contribution is 2.30. The maximum atomic E-state index is 10.1. The summed E-state index contributed by atoms with van der Waals surface area (Å²) < 4.78 is 16.9. The molecular formula is C22H23NO4. The number of nitrogens with zero attached hydrogens (tertiary/aromatic N) is 1. The molecule has 1 unspecified atom stereocenters. The molecule has 140 valence electrons. The van der Waals surface area contributed by atoms with Gasteiger partial charge in [-0.25, -0.2) is 0 Å². The molecule has 2 aromatic carbocycles. The molecule has 1 N–H and O–H groups in total. The maximum Gasteiger partial charge on any atom is 0.179 e. The summed E-state index contributed by atoms with van der Waals surface area (Å²) in [5.41, 5.74) is 2.57. The normalized spacial score (nSPS) is 11.8. The first-order valence-electron chi connectivity index (χ1n) is 8.76. The Bertz CT molecular complexity index is 824. The van der Waals surface area contributed by atoms with Gasteiger partial charge in [0.25, 0.3) is 0 Å². The number of benzene rings is 2. The van der Waals surface area contributed by atoms with Crippen LogP contribution in [0.25, 0.3) is 0 Å². The molecular weight excluding hydrogens is 342 g/mol. The predicted molar refractivity (Wildman–Crippen MR) is 103 cm³/mol. The van der Waals surface area contributed by atoms with Gasteiger partial charge in [0.05, 0.1) is 18.5 Å². The lowest BCUT2D eigenvalue weighted by Crippen LogP contribution is -2.09. The second-order valence-electron chi connectivity index (χ2n) is 6.08. The Hall–Kier alpha value is -2.89. The first kappa shape index (κ1) is 18.9. The third kappa shape index (κ3) is 5.54. The molecule has 0 aliphatic carbocycles. The summed E-state index contributed by atoms with van der Waals surface area (Å²) in [6, 6.07) is 21.5. The standard InChI is InChI=1S/C22H23NO4/c1-25-16-20(24)19-12-21(26-14-17-8-4-2-5-9-17)22(13-23-19)27-15-18-10-6-3-7-11-18/h2-13,20,24H,14-16H2,1H3. The van der Waals surface area contributed by atoms with Crippen molar-refractivity contribution in [3.05, 3.63) is 89.7 Å². The first-order chi connectivity index (χ1) is 13.3. The number of aliphatic hydroxyl groups is 1. The van der Waals surface area contributed by atoms with Gasteiger partial charge in [-0.05, 0) is 11.1 Å². The van der Waals surface area contributed by atoms with Crippen molar-refractivity contribution in [2.24, 2.45) is 0 Å². The van der Waals surface area contributed by atoms with E-state index in [-0.39, 0.29) is 6.61 Å². The van der Waals surface area contributed by atoms with Gasteiger partial charge in [0.1, 0.15) is 19.3 Å². The zero-order chi connectivity index (χ0) is 18.9. The van der Waals surface area contributed by atoms with E-state index in [2.05, 4.69) is 4.98 Å². The van der Waals surface area contributed by atoms with Crippen LogP contribution in [0.3, 0.4) is 0 Å². The minimum absolute atomic E-state index is 0.162. The van der Waals surface area contributed by atoms with Gasteiger partial charge in [0, 0.05) is 13.2 Å². The van der Waals surface area contributed by atoms with Crippen LogP contribution in [0.5, 0.6) is 11.5 Å². The minimum atomic E-state index is -0.822. The number of hydrogen-bond donors (Lipinski definition) is 1. The van der Waals surface area contributed by atoms with E-state index < -0.39 is 6.10 Å². The topological polar surface area (TPSA) is 60.8 Å². The van der Waals surface area contributed by atoms with Crippen LogP contribution in [0.1, 0.15) is 22.9 Å². The molecule has 5 heteroatoms. The fourth-order valence-corrected chi connectivity index (χ4v) is 2.56. The Morgan fingerprint density at radius 3 is 1.96 bits per heavy atom. The van der Waals surface area contributed by atoms with Crippen LogP contribution in [-0.4, -0.2) is 23.8 Å². The molecule has 0 aliphatic heterocycles. The summed E-state index contributed by atoms with van der Waals surface area (Å²) in [5.74, 6) is 1.07. The zero-order valence-electron chi connectivity index (χ0n) is 15.2. The van der Waals surface area contributed by atoms with Crippen molar-refractivity contribution >= 4 is 0 Å². The molecule has 1 heterocycles. The molecule has 0 radical (unpaired) electrons. The van der Waals surface area contributed by atoms with Crippen LogP contribution in [-0.2, 0) is 18.0 Å². The minimum Gasteiger partial charge on any atom is -0.485 e. The van der Waals surface area contributed by atoms with Crippen LogP contribution in [0.2, 0.25) is 0 Å². The second kappa shape index (κ2) is 9.71. The lowest BCUT2D eigenvalue weighted by molar-refractivity contribution is 0.0614. The average molecular weight is 365 g/mol. The van der Waals surface area contributed by atoms with Crippen LogP contribution in [0.15, 0.2) is 72.9 Å². The van der Waals surface area contributed by atoms with E-state index in [0.717, 1.165) is 11.1 Å². The van der Waals surface area contributed by atoms with Gasteiger partial charge >= 0.3 is 0 Å². The van der Waals surface area contributed by atoms with Crippen molar-refractivity contribution in [2.75, 3.05) is 13.7 Å². The van der Waals surface area contributed by atoms with Gasteiger partial charge in [-0.3, -0.25) is 4.98 Å². The van der Waals surface area contributed by atoms with Crippen LogP contribution >= 0.6 is 0 Å². The maximum absolute atomic E-state index is 10.1. The van der Waals surface area contributed by atoms with E-state index in [1.54, 1.807) is 12.3 Å². The summed E-state index contributed by atoms with van der Waals surface area (Å²) in [4.78, 5) is 4.29. The molecule has 0 fully saturated rings. The number of ether oxygens (including phenoxy) is 3. The Kier molecular flexibility index (Phi) is 6.79. The largest absolute Gasteiger partial charge is 0.485 e. The Balaban J connectivity index is 1.77. The third-order valence-electron chi connectivity index (χ3n) is 3.99. The highest BCUT2D eigenvalue weighted by Gasteiger charge is 2.14. The summed E-state index contributed by atoms with van der Waals surface area (Å²) in [7, 11) is 1.54. The van der Waals surface area contributed by atoms with Crippen molar-refractivity contribution in [3.8, 4) is 11.5 Å². The summed E-state index contributed by atoms with van der Waals surface area (Å²) >= 11 is 0. The van der Waals surface area contributed by atoms with Gasteiger partial charge in [0.15, 0.2) is 11.5 Å². The van der Waals surface area contributed by atoms with Crippen LogP contribution in [0, 0.1) is 0 Å². The second-order valence-corrected chi connectivity index (χ2v) is 6.08. The quantitative estimate of drug-likeness (QED) is 0.623. The average Bonchev–Trinajstić information content (AvgIpc) is 2.72. The highest BCUT2D eigenvalue weighted by molar-refractivity contribution is 5.40. The molecule has 0 aliphatic rings. The third-order valence-corrected chi connectivity index (χ3v) is 3.99. The van der Waals surface area contributed by atoms with Gasteiger partial charge in [-0.1, -0.05) is 60.7 Å². The fourth-order valence-electron chi connectivity index (χ4n) is 2.56. The van der Waals surface area contributed by atoms with E-state index >= 15 is 0 Å². The zero-order valence-corrected chi connectivity index (χ0v) is 15.2. The Morgan fingerprint density at radius 1 is 0.852 bits per heavy atom. The van der Waals surface area contributed by atoms with Crippen molar-refractivity contribution < 1.29 is 19.3 Å². The number of aromatic nitrogens is 1. The molecule has 0 amide bonds. The summed E-state index contributed by atoms with van der Waals surface area (Å²) in [6.45, 7) is 0.964. The summed E-state index contributed by atoms with van der Waals surface area (Å²) in [5, 5.41) is 10.1. The number of pyridine rings is 1. The summed E-state index contributed by atoms with van der Waals surface area (Å²) in [6.07, 6.45) is 0.759. The highest BCUT2D eigenvalue weighted by atomic mass is 16.5. The molecule has 1 aromatic heterocycles. The molecule has 27 heavy (non-hydrogen) atoms. The van der Waals surface area contributed by atoms with Crippen molar-refractivity contribution in [1.29, 1.82) is 0 Å². The van der Waals surface area contributed by atoms with Gasteiger partial charge in [0.2, 0.25) is 0 Å². The van der Waals surface area contributed by atoms with E-state index in [0.29, 0.717) is 30.4 Å². The number of methoxy groups -OCH3 is 1. The SMILES string of the molecule is COCC(O)c1cc(OCc2ccccc2)c(OCc2ccccc2)cn1. The molecule has 0 bridgehead atoms. The van der Waals surface area contributed by atoms with Crippen LogP contribution in [0.4, 0.5) is 0 Å². The predicted octanol–water partition coefficient (Wildman–Crippen LogP) is 3.92. The van der Waals surface area contributed by atoms with Gasteiger partial charge in [-0.15, -0.1) is 0 Å². The van der Waals surface area contributed by atoms with Crippen molar-refractivity contribution in [3.63, 3.8) is 0 Å². The van der Waals surface area contributed by atoms with E-state index in [4.69, 9.17) is 14.2 Å². The molecule has 0 spiro atoms. The van der Waals surface area contributed by atoms with Crippen molar-refractivity contribution in [1.82, 2.24) is 4.98 Å². The van der Waals surface area contributed by atoms with E-state index in [9.17, 15) is 5.11 Å². The Labute approximate surface area is 159 Å². The van der Waals surface area contributed by atoms with E-state index in [1.165, 1.54) is 7.11 Å². The fraction of sp³-hybridized carbons (Fsp3) is 0.227. The number of aliphatic hydroxyl groups excluding tert-OH is 1. The van der Waals surface area contributed by atoms with Gasteiger partial charge in [-0.2, -0.15) is 0 Å². The molecule has 3 rings (SSSR count). The first-order valence-corrected chi connectivity index (χ1v) is 8.76. The van der Waals surface area contributed by atoms with E-state index in [1.807, 2.05) is 60.7 Å².